The Kier molecular flexibility index (Phi) is 4.58. The van der Waals surface area contributed by atoms with Crippen LogP contribution in [-0.4, -0.2) is 17.4 Å². The summed E-state index contributed by atoms with van der Waals surface area (Å²) in [6, 6.07) is 15.6. The Labute approximate surface area is 116 Å². The number of nitrogens with two attached hydrogens (primary N) is 1. The quantitative estimate of drug-likeness (QED) is 0.826. The molecule has 0 aromatic heterocycles. The van der Waals surface area contributed by atoms with E-state index in [1.54, 1.807) is 12.1 Å². The summed E-state index contributed by atoms with van der Waals surface area (Å²) >= 11 is 1.46. The van der Waals surface area contributed by atoms with Gasteiger partial charge in [-0.1, -0.05) is 30.3 Å². The van der Waals surface area contributed by atoms with Gasteiger partial charge in [-0.25, -0.2) is 4.39 Å². The molecule has 2 aromatic carbocycles. The van der Waals surface area contributed by atoms with Gasteiger partial charge in [0.2, 0.25) is 0 Å². The second-order valence-electron chi connectivity index (χ2n) is 4.34. The van der Waals surface area contributed by atoms with Gasteiger partial charge in [-0.15, -0.1) is 11.8 Å². The first-order valence-corrected chi connectivity index (χ1v) is 6.99. The molecule has 19 heavy (non-hydrogen) atoms. The molecule has 1 atom stereocenters. The van der Waals surface area contributed by atoms with Crippen molar-refractivity contribution in [2.45, 2.75) is 10.5 Å². The van der Waals surface area contributed by atoms with Crippen molar-refractivity contribution in [1.82, 2.24) is 0 Å². The smallest absolute Gasteiger partial charge is 0.123 e. The lowest BCUT2D eigenvalue weighted by Gasteiger charge is -2.26. The molecule has 0 amide bonds. The number of aliphatic hydroxyl groups is 1. The Morgan fingerprint density at radius 2 is 1.68 bits per heavy atom. The van der Waals surface area contributed by atoms with Crippen molar-refractivity contribution in [2.75, 3.05) is 12.3 Å². The van der Waals surface area contributed by atoms with Gasteiger partial charge in [0.15, 0.2) is 0 Å². The Balaban J connectivity index is 2.09. The second kappa shape index (κ2) is 6.19. The predicted octanol–water partition coefficient (Wildman–Crippen LogP) is 2.76. The number of benzene rings is 2. The molecule has 0 saturated heterocycles. The van der Waals surface area contributed by atoms with Crippen LogP contribution in [0, 0.1) is 5.82 Å². The minimum absolute atomic E-state index is 0.144. The fourth-order valence-electron chi connectivity index (χ4n) is 1.74. The van der Waals surface area contributed by atoms with Crippen molar-refractivity contribution in [2.24, 2.45) is 5.73 Å². The number of rotatable bonds is 5. The summed E-state index contributed by atoms with van der Waals surface area (Å²) in [5.41, 5.74) is 5.43. The molecule has 0 aliphatic heterocycles. The zero-order chi connectivity index (χ0) is 13.7. The van der Waals surface area contributed by atoms with E-state index in [4.69, 9.17) is 5.73 Å². The van der Waals surface area contributed by atoms with Crippen molar-refractivity contribution in [3.8, 4) is 0 Å². The van der Waals surface area contributed by atoms with Gasteiger partial charge in [0.25, 0.3) is 0 Å². The molecular formula is C15H16FNOS. The fourth-order valence-corrected chi connectivity index (χ4v) is 2.76. The third-order valence-electron chi connectivity index (χ3n) is 2.94. The lowest BCUT2D eigenvalue weighted by Crippen LogP contribution is -2.37. The van der Waals surface area contributed by atoms with Gasteiger partial charge in [0.05, 0.1) is 0 Å². The van der Waals surface area contributed by atoms with E-state index in [1.807, 2.05) is 30.3 Å². The molecule has 2 nitrogen and oxygen atoms in total. The topological polar surface area (TPSA) is 46.2 Å². The second-order valence-corrected chi connectivity index (χ2v) is 5.39. The Morgan fingerprint density at radius 1 is 1.05 bits per heavy atom. The highest BCUT2D eigenvalue weighted by molar-refractivity contribution is 7.99. The lowest BCUT2D eigenvalue weighted by molar-refractivity contribution is 0.0721. The molecule has 3 N–H and O–H groups in total. The fraction of sp³-hybridized carbons (Fsp3) is 0.200. The molecule has 100 valence electrons. The van der Waals surface area contributed by atoms with Gasteiger partial charge in [0, 0.05) is 17.2 Å². The molecule has 0 spiro atoms. The summed E-state index contributed by atoms with van der Waals surface area (Å²) in [5, 5.41) is 10.6. The van der Waals surface area contributed by atoms with Crippen molar-refractivity contribution in [1.29, 1.82) is 0 Å². The predicted molar refractivity (Wildman–Crippen MR) is 76.5 cm³/mol. The summed E-state index contributed by atoms with van der Waals surface area (Å²) in [5.74, 6) is 0.167. The molecule has 0 radical (unpaired) electrons. The first-order chi connectivity index (χ1) is 9.14. The summed E-state index contributed by atoms with van der Waals surface area (Å²) < 4.78 is 12.8. The average molecular weight is 277 g/mol. The standard InChI is InChI=1S/C15H16FNOS/c16-13-6-8-14(9-7-13)19-11-15(18,10-17)12-4-2-1-3-5-12/h1-9,18H,10-11,17H2. The minimum Gasteiger partial charge on any atom is -0.383 e. The van der Waals surface area contributed by atoms with E-state index in [1.165, 1.54) is 23.9 Å². The molecule has 0 fully saturated rings. The van der Waals surface area contributed by atoms with Gasteiger partial charge in [-0.2, -0.15) is 0 Å². The summed E-state index contributed by atoms with van der Waals surface area (Å²) in [6.45, 7) is 0.144. The third-order valence-corrected chi connectivity index (χ3v) is 4.17. The Hall–Kier alpha value is -1.36. The summed E-state index contributed by atoms with van der Waals surface area (Å²) in [6.07, 6.45) is 0. The number of halogens is 1. The highest BCUT2D eigenvalue weighted by atomic mass is 32.2. The largest absolute Gasteiger partial charge is 0.383 e. The molecule has 2 rings (SSSR count). The molecule has 4 heteroatoms. The number of hydrogen-bond donors (Lipinski definition) is 2. The van der Waals surface area contributed by atoms with Crippen LogP contribution in [0.4, 0.5) is 4.39 Å². The normalized spacial score (nSPS) is 14.1. The molecule has 2 aromatic rings. The Bertz CT molecular complexity index is 517. The van der Waals surface area contributed by atoms with E-state index >= 15 is 0 Å². The van der Waals surface area contributed by atoms with E-state index in [2.05, 4.69) is 0 Å². The lowest BCUT2D eigenvalue weighted by atomic mass is 9.96. The number of hydrogen-bond acceptors (Lipinski definition) is 3. The maximum atomic E-state index is 12.8. The zero-order valence-corrected chi connectivity index (χ0v) is 11.2. The van der Waals surface area contributed by atoms with Crippen LogP contribution in [0.25, 0.3) is 0 Å². The molecule has 0 saturated carbocycles. The molecule has 0 aliphatic carbocycles. The summed E-state index contributed by atoms with van der Waals surface area (Å²) in [7, 11) is 0. The van der Waals surface area contributed by atoms with Crippen LogP contribution in [0.15, 0.2) is 59.5 Å². The number of thioether (sulfide) groups is 1. The third kappa shape index (κ3) is 3.56. The monoisotopic (exact) mass is 277 g/mol. The van der Waals surface area contributed by atoms with Crippen LogP contribution in [0.3, 0.4) is 0 Å². The van der Waals surface area contributed by atoms with Crippen molar-refractivity contribution in [3.05, 3.63) is 66.0 Å². The molecular weight excluding hydrogens is 261 g/mol. The first-order valence-electron chi connectivity index (χ1n) is 6.00. The van der Waals surface area contributed by atoms with Crippen molar-refractivity contribution < 1.29 is 9.50 Å². The van der Waals surface area contributed by atoms with Crippen LogP contribution >= 0.6 is 11.8 Å². The van der Waals surface area contributed by atoms with E-state index in [-0.39, 0.29) is 12.4 Å². The minimum atomic E-state index is -1.07. The van der Waals surface area contributed by atoms with E-state index in [9.17, 15) is 9.50 Å². The average Bonchev–Trinajstić information content (AvgIpc) is 2.47. The van der Waals surface area contributed by atoms with Crippen molar-refractivity contribution in [3.63, 3.8) is 0 Å². The highest BCUT2D eigenvalue weighted by Crippen LogP contribution is 2.29. The van der Waals surface area contributed by atoms with Crippen molar-refractivity contribution >= 4 is 11.8 Å². The molecule has 0 aliphatic rings. The zero-order valence-electron chi connectivity index (χ0n) is 10.4. The van der Waals surface area contributed by atoms with Crippen LogP contribution in [0.5, 0.6) is 0 Å². The van der Waals surface area contributed by atoms with Gasteiger partial charge in [0.1, 0.15) is 11.4 Å². The van der Waals surface area contributed by atoms with Crippen LogP contribution in [-0.2, 0) is 5.60 Å². The van der Waals surface area contributed by atoms with E-state index < -0.39 is 5.60 Å². The van der Waals surface area contributed by atoms with Gasteiger partial charge in [-0.05, 0) is 29.8 Å². The highest BCUT2D eigenvalue weighted by Gasteiger charge is 2.27. The van der Waals surface area contributed by atoms with Gasteiger partial charge >= 0.3 is 0 Å². The SMILES string of the molecule is NCC(O)(CSc1ccc(F)cc1)c1ccccc1. The maximum absolute atomic E-state index is 12.8. The molecule has 1 unspecified atom stereocenters. The van der Waals surface area contributed by atoms with Crippen LogP contribution in [0.1, 0.15) is 5.56 Å². The van der Waals surface area contributed by atoms with E-state index in [0.29, 0.717) is 5.75 Å². The maximum Gasteiger partial charge on any atom is 0.123 e. The van der Waals surface area contributed by atoms with Crippen LogP contribution in [0.2, 0.25) is 0 Å². The van der Waals surface area contributed by atoms with Gasteiger partial charge < -0.3 is 10.8 Å². The summed E-state index contributed by atoms with van der Waals surface area (Å²) in [4.78, 5) is 0.907. The molecule has 0 heterocycles. The van der Waals surface area contributed by atoms with Gasteiger partial charge in [-0.3, -0.25) is 0 Å². The molecule has 0 bridgehead atoms. The van der Waals surface area contributed by atoms with E-state index in [0.717, 1.165) is 10.5 Å². The Morgan fingerprint density at radius 3 is 2.26 bits per heavy atom. The van der Waals surface area contributed by atoms with Crippen LogP contribution < -0.4 is 5.73 Å². The first kappa shape index (κ1) is 14.1.